The number of fused-ring (bicyclic) bond motifs is 3. The van der Waals surface area contributed by atoms with Crippen LogP contribution in [-0.2, 0) is 0 Å². The summed E-state index contributed by atoms with van der Waals surface area (Å²) >= 11 is 3.44. The van der Waals surface area contributed by atoms with Crippen LogP contribution >= 0.6 is 15.9 Å². The molecular weight excluding hydrogens is 395 g/mol. The number of benzene rings is 2. The fourth-order valence-corrected chi connectivity index (χ4v) is 4.03. The monoisotopic (exact) mass is 409 g/mol. The zero-order chi connectivity index (χ0) is 17.6. The van der Waals surface area contributed by atoms with Gasteiger partial charge in [-0.3, -0.25) is 0 Å². The Morgan fingerprint density at radius 1 is 1.08 bits per heavy atom. The molecule has 0 fully saturated rings. The van der Waals surface area contributed by atoms with Crippen molar-refractivity contribution in [3.05, 3.63) is 70.2 Å². The molecule has 2 nitrogen and oxygen atoms in total. The molecule has 0 spiro atoms. The highest BCUT2D eigenvalue weighted by Crippen LogP contribution is 2.50. The second-order valence-electron chi connectivity index (χ2n) is 6.32. The van der Waals surface area contributed by atoms with Gasteiger partial charge < -0.3 is 10.1 Å². The lowest BCUT2D eigenvalue weighted by Crippen LogP contribution is -2.29. The summed E-state index contributed by atoms with van der Waals surface area (Å²) in [6.45, 7) is 0. The highest BCUT2D eigenvalue weighted by molar-refractivity contribution is 9.10. The van der Waals surface area contributed by atoms with Crippen LogP contribution in [0.2, 0.25) is 0 Å². The molecule has 1 N–H and O–H groups in total. The molecule has 25 heavy (non-hydrogen) atoms. The molecule has 2 aromatic rings. The van der Waals surface area contributed by atoms with Crippen molar-refractivity contribution in [2.45, 2.75) is 24.7 Å². The van der Waals surface area contributed by atoms with E-state index in [2.05, 4.69) is 50.3 Å². The lowest BCUT2D eigenvalue weighted by atomic mass is 9.77. The van der Waals surface area contributed by atoms with Crippen LogP contribution < -0.4 is 10.1 Å². The smallest absolute Gasteiger partial charge is 0.406 e. The number of alkyl halides is 3. The Balaban J connectivity index is 1.70. The quantitative estimate of drug-likeness (QED) is 0.598. The summed E-state index contributed by atoms with van der Waals surface area (Å²) in [6, 6.07) is 12.8. The van der Waals surface area contributed by atoms with E-state index in [1.807, 2.05) is 12.1 Å². The predicted octanol–water partition coefficient (Wildman–Crippen LogP) is 6.17. The third kappa shape index (κ3) is 3.27. The van der Waals surface area contributed by atoms with E-state index < -0.39 is 6.36 Å². The summed E-state index contributed by atoms with van der Waals surface area (Å²) in [5.41, 5.74) is 2.88. The third-order valence-electron chi connectivity index (χ3n) is 4.80. The Kier molecular flexibility index (Phi) is 4.02. The lowest BCUT2D eigenvalue weighted by molar-refractivity contribution is -0.274. The number of rotatable bonds is 2. The van der Waals surface area contributed by atoms with Crippen LogP contribution in [0.5, 0.6) is 5.75 Å². The summed E-state index contributed by atoms with van der Waals surface area (Å²) in [4.78, 5) is 0. The number of nitrogens with one attached hydrogen (secondary N) is 1. The largest absolute Gasteiger partial charge is 0.573 e. The standard InChI is InChI=1S/C19H15BrF3NO/c20-12-6-4-11(5-7-12)18-15-3-1-2-14(15)16-10-13(25-19(21,22)23)8-9-17(16)24-18/h1-2,4-10,14-15,18,24H,3H2. The molecule has 1 aliphatic heterocycles. The summed E-state index contributed by atoms with van der Waals surface area (Å²) in [7, 11) is 0. The van der Waals surface area contributed by atoms with E-state index in [-0.39, 0.29) is 23.6 Å². The second kappa shape index (κ2) is 6.09. The molecule has 0 amide bonds. The molecule has 0 saturated carbocycles. The number of halogens is 4. The van der Waals surface area contributed by atoms with Gasteiger partial charge >= 0.3 is 6.36 Å². The van der Waals surface area contributed by atoms with Gasteiger partial charge in [0, 0.05) is 16.1 Å². The molecule has 1 aliphatic carbocycles. The molecule has 6 heteroatoms. The van der Waals surface area contributed by atoms with Gasteiger partial charge in [-0.05, 0) is 53.8 Å². The Labute approximate surface area is 151 Å². The first-order valence-corrected chi connectivity index (χ1v) is 8.78. The van der Waals surface area contributed by atoms with Crippen LogP contribution in [0.25, 0.3) is 0 Å². The maximum Gasteiger partial charge on any atom is 0.573 e. The van der Waals surface area contributed by atoms with E-state index >= 15 is 0 Å². The number of anilines is 1. The summed E-state index contributed by atoms with van der Waals surface area (Å²) < 4.78 is 42.6. The fraction of sp³-hybridized carbons (Fsp3) is 0.263. The minimum Gasteiger partial charge on any atom is -0.406 e. The topological polar surface area (TPSA) is 21.3 Å². The second-order valence-corrected chi connectivity index (χ2v) is 7.24. The number of ether oxygens (including phenoxy) is 1. The van der Waals surface area contributed by atoms with Crippen molar-refractivity contribution < 1.29 is 17.9 Å². The van der Waals surface area contributed by atoms with Crippen molar-refractivity contribution >= 4 is 21.6 Å². The molecule has 1 heterocycles. The molecule has 0 aromatic heterocycles. The summed E-state index contributed by atoms with van der Waals surface area (Å²) in [6.07, 6.45) is 0.409. The van der Waals surface area contributed by atoms with Crippen molar-refractivity contribution in [3.63, 3.8) is 0 Å². The van der Waals surface area contributed by atoms with E-state index in [1.54, 1.807) is 6.07 Å². The zero-order valence-corrected chi connectivity index (χ0v) is 14.6. The third-order valence-corrected chi connectivity index (χ3v) is 5.33. The first kappa shape index (κ1) is 16.5. The van der Waals surface area contributed by atoms with Gasteiger partial charge in [0.2, 0.25) is 0 Å². The maximum absolute atomic E-state index is 12.5. The van der Waals surface area contributed by atoms with Gasteiger partial charge in [0.15, 0.2) is 0 Å². The van der Waals surface area contributed by atoms with E-state index in [1.165, 1.54) is 17.7 Å². The number of hydrogen-bond donors (Lipinski definition) is 1. The van der Waals surface area contributed by atoms with Gasteiger partial charge in [-0.2, -0.15) is 0 Å². The molecule has 3 unspecified atom stereocenters. The molecule has 0 saturated heterocycles. The van der Waals surface area contributed by atoms with Gasteiger partial charge in [-0.15, -0.1) is 13.2 Å². The van der Waals surface area contributed by atoms with Crippen LogP contribution in [0.3, 0.4) is 0 Å². The molecule has 130 valence electrons. The van der Waals surface area contributed by atoms with E-state index in [4.69, 9.17) is 0 Å². The van der Waals surface area contributed by atoms with Crippen LogP contribution in [-0.4, -0.2) is 6.36 Å². The normalized spacial score (nSPS) is 24.4. The molecular formula is C19H15BrF3NO. The Morgan fingerprint density at radius 3 is 2.56 bits per heavy atom. The van der Waals surface area contributed by atoms with E-state index in [0.29, 0.717) is 0 Å². The number of hydrogen-bond acceptors (Lipinski definition) is 2. The highest BCUT2D eigenvalue weighted by atomic mass is 79.9. The first-order valence-electron chi connectivity index (χ1n) is 7.99. The van der Waals surface area contributed by atoms with Crippen molar-refractivity contribution in [2.75, 3.05) is 5.32 Å². The minimum absolute atomic E-state index is 0.0849. The van der Waals surface area contributed by atoms with Crippen molar-refractivity contribution in [3.8, 4) is 5.75 Å². The first-order chi connectivity index (χ1) is 11.9. The molecule has 3 atom stereocenters. The summed E-state index contributed by atoms with van der Waals surface area (Å²) in [5.74, 6) is 0.186. The average molecular weight is 410 g/mol. The molecule has 2 aliphatic rings. The maximum atomic E-state index is 12.5. The Morgan fingerprint density at radius 2 is 1.84 bits per heavy atom. The van der Waals surface area contributed by atoms with Gasteiger partial charge in [0.25, 0.3) is 0 Å². The lowest BCUT2D eigenvalue weighted by Gasteiger charge is -2.37. The van der Waals surface area contributed by atoms with Gasteiger partial charge in [-0.25, -0.2) is 0 Å². The van der Waals surface area contributed by atoms with Crippen LogP contribution in [0.15, 0.2) is 59.1 Å². The number of allylic oxidation sites excluding steroid dienone is 2. The van der Waals surface area contributed by atoms with E-state index in [0.717, 1.165) is 22.1 Å². The fourth-order valence-electron chi connectivity index (χ4n) is 3.77. The van der Waals surface area contributed by atoms with Crippen LogP contribution in [0.1, 0.15) is 29.5 Å². The molecule has 0 radical (unpaired) electrons. The summed E-state index contributed by atoms with van der Waals surface area (Å²) in [5, 5.41) is 3.50. The zero-order valence-electron chi connectivity index (χ0n) is 13.1. The molecule has 0 bridgehead atoms. The molecule has 4 rings (SSSR count). The van der Waals surface area contributed by atoms with E-state index in [9.17, 15) is 13.2 Å². The molecule has 2 aromatic carbocycles. The Bertz CT molecular complexity index is 816. The van der Waals surface area contributed by atoms with Crippen molar-refractivity contribution in [1.82, 2.24) is 0 Å². The van der Waals surface area contributed by atoms with Gasteiger partial charge in [-0.1, -0.05) is 40.2 Å². The van der Waals surface area contributed by atoms with Crippen molar-refractivity contribution in [2.24, 2.45) is 5.92 Å². The predicted molar refractivity (Wildman–Crippen MR) is 93.6 cm³/mol. The SMILES string of the molecule is FC(F)(F)Oc1ccc2c(c1)C1C=CCC1C(c1ccc(Br)cc1)N2. The Hall–Kier alpha value is -1.95. The average Bonchev–Trinajstić information content (AvgIpc) is 3.03. The van der Waals surface area contributed by atoms with Crippen LogP contribution in [0, 0.1) is 5.92 Å². The van der Waals surface area contributed by atoms with Gasteiger partial charge in [0.05, 0.1) is 6.04 Å². The van der Waals surface area contributed by atoms with Crippen LogP contribution in [0.4, 0.5) is 18.9 Å². The highest BCUT2D eigenvalue weighted by Gasteiger charge is 2.38. The minimum atomic E-state index is -4.68. The van der Waals surface area contributed by atoms with Crippen molar-refractivity contribution in [1.29, 1.82) is 0 Å². The van der Waals surface area contributed by atoms with Gasteiger partial charge in [0.1, 0.15) is 5.75 Å².